The summed E-state index contributed by atoms with van der Waals surface area (Å²) in [5.74, 6) is 2.23. The summed E-state index contributed by atoms with van der Waals surface area (Å²) in [5.41, 5.74) is 3.00. The van der Waals surface area contributed by atoms with Crippen molar-refractivity contribution in [2.75, 3.05) is 0 Å². The number of imidazole rings is 1. The van der Waals surface area contributed by atoms with Crippen molar-refractivity contribution in [2.24, 2.45) is 5.92 Å². The van der Waals surface area contributed by atoms with Crippen molar-refractivity contribution in [1.82, 2.24) is 9.55 Å². The monoisotopic (exact) mass is 246 g/mol. The molecule has 0 aromatic carbocycles. The van der Waals surface area contributed by atoms with Gasteiger partial charge in [-0.1, -0.05) is 26.2 Å². The van der Waals surface area contributed by atoms with E-state index in [1.165, 1.54) is 69.3 Å². The van der Waals surface area contributed by atoms with Crippen LogP contribution >= 0.6 is 0 Å². The van der Waals surface area contributed by atoms with Crippen LogP contribution < -0.4 is 0 Å². The van der Waals surface area contributed by atoms with Gasteiger partial charge in [0, 0.05) is 11.7 Å². The van der Waals surface area contributed by atoms with Crippen molar-refractivity contribution in [2.45, 2.75) is 77.7 Å². The highest BCUT2D eigenvalue weighted by Crippen LogP contribution is 2.37. The molecule has 2 aliphatic carbocycles. The maximum absolute atomic E-state index is 4.84. The van der Waals surface area contributed by atoms with E-state index in [2.05, 4.69) is 18.4 Å². The van der Waals surface area contributed by atoms with E-state index in [0.717, 1.165) is 12.0 Å². The average molecular weight is 246 g/mol. The number of fused-ring (bicyclic) bond motifs is 1. The van der Waals surface area contributed by atoms with Gasteiger partial charge in [0.25, 0.3) is 0 Å². The third-order valence-corrected chi connectivity index (χ3v) is 5.04. The molecule has 1 heterocycles. The molecule has 2 aliphatic rings. The normalized spacial score (nSPS) is 28.1. The zero-order valence-electron chi connectivity index (χ0n) is 11.9. The lowest BCUT2D eigenvalue weighted by Gasteiger charge is -2.32. The molecule has 0 saturated heterocycles. The lowest BCUT2D eigenvalue weighted by atomic mass is 9.83. The zero-order chi connectivity index (χ0) is 12.5. The minimum atomic E-state index is 0.748. The average Bonchev–Trinajstić information content (AvgIpc) is 2.74. The Balaban J connectivity index is 1.89. The molecule has 1 fully saturated rings. The molecule has 1 aromatic heterocycles. The smallest absolute Gasteiger partial charge is 0.106 e. The summed E-state index contributed by atoms with van der Waals surface area (Å²) in [7, 11) is 0. The summed E-state index contributed by atoms with van der Waals surface area (Å²) >= 11 is 0. The van der Waals surface area contributed by atoms with Gasteiger partial charge in [-0.3, -0.25) is 0 Å². The van der Waals surface area contributed by atoms with Gasteiger partial charge in [-0.25, -0.2) is 4.98 Å². The van der Waals surface area contributed by atoms with E-state index < -0.39 is 0 Å². The first-order valence-electron chi connectivity index (χ1n) is 7.86. The van der Waals surface area contributed by atoms with E-state index in [1.54, 1.807) is 5.69 Å². The van der Waals surface area contributed by atoms with Crippen LogP contribution in [0.25, 0.3) is 0 Å². The third kappa shape index (κ3) is 2.10. The van der Waals surface area contributed by atoms with Crippen LogP contribution in [0, 0.1) is 12.8 Å². The van der Waals surface area contributed by atoms with E-state index in [4.69, 9.17) is 4.98 Å². The maximum atomic E-state index is 4.84. The zero-order valence-corrected chi connectivity index (χ0v) is 11.9. The second kappa shape index (κ2) is 5.07. The summed E-state index contributed by atoms with van der Waals surface area (Å²) in [5, 5.41) is 0. The molecule has 18 heavy (non-hydrogen) atoms. The molecule has 2 heteroatoms. The van der Waals surface area contributed by atoms with Gasteiger partial charge in [-0.2, -0.15) is 0 Å². The molecule has 100 valence electrons. The molecule has 0 spiro atoms. The fraction of sp³-hybridized carbons (Fsp3) is 0.812. The quantitative estimate of drug-likeness (QED) is 0.764. The van der Waals surface area contributed by atoms with Gasteiger partial charge in [0.05, 0.1) is 5.69 Å². The standard InChI is InChI=1S/C16H26N2/c1-3-13-7-6-8-14(11-13)18-12(2)17-15-9-4-5-10-16(15)18/h13-14H,3-11H2,1-2H3. The lowest BCUT2D eigenvalue weighted by Crippen LogP contribution is -2.22. The van der Waals surface area contributed by atoms with Gasteiger partial charge in [-0.05, 0) is 51.4 Å². The van der Waals surface area contributed by atoms with Crippen molar-refractivity contribution in [3.05, 3.63) is 17.2 Å². The van der Waals surface area contributed by atoms with Crippen molar-refractivity contribution in [1.29, 1.82) is 0 Å². The highest BCUT2D eigenvalue weighted by atomic mass is 15.1. The Labute approximate surface area is 111 Å². The summed E-state index contributed by atoms with van der Waals surface area (Å²) in [6.45, 7) is 4.57. The minimum absolute atomic E-state index is 0.748. The number of aryl methyl sites for hydroxylation is 2. The summed E-state index contributed by atoms with van der Waals surface area (Å²) in [4.78, 5) is 4.84. The molecule has 1 aromatic rings. The lowest BCUT2D eigenvalue weighted by molar-refractivity contribution is 0.254. The van der Waals surface area contributed by atoms with Crippen molar-refractivity contribution < 1.29 is 0 Å². The minimum Gasteiger partial charge on any atom is -0.329 e. The Morgan fingerprint density at radius 2 is 2.00 bits per heavy atom. The largest absolute Gasteiger partial charge is 0.329 e. The third-order valence-electron chi connectivity index (χ3n) is 5.04. The van der Waals surface area contributed by atoms with Gasteiger partial charge in [0.15, 0.2) is 0 Å². The summed E-state index contributed by atoms with van der Waals surface area (Å²) in [6, 6.07) is 0.748. The van der Waals surface area contributed by atoms with Gasteiger partial charge >= 0.3 is 0 Å². The van der Waals surface area contributed by atoms with E-state index in [9.17, 15) is 0 Å². The van der Waals surface area contributed by atoms with E-state index in [-0.39, 0.29) is 0 Å². The maximum Gasteiger partial charge on any atom is 0.106 e. The fourth-order valence-corrected chi connectivity index (χ4v) is 4.05. The van der Waals surface area contributed by atoms with Crippen LogP contribution in [0.1, 0.15) is 75.1 Å². The Morgan fingerprint density at radius 3 is 2.83 bits per heavy atom. The fourth-order valence-electron chi connectivity index (χ4n) is 4.05. The SMILES string of the molecule is CCC1CCCC(n2c(C)nc3c2CCCC3)C1. The Bertz CT molecular complexity index is 419. The second-order valence-electron chi connectivity index (χ2n) is 6.22. The van der Waals surface area contributed by atoms with Crippen LogP contribution in [0.4, 0.5) is 0 Å². The second-order valence-corrected chi connectivity index (χ2v) is 6.22. The van der Waals surface area contributed by atoms with Gasteiger partial charge in [0.1, 0.15) is 5.82 Å². The molecule has 2 nitrogen and oxygen atoms in total. The number of aromatic nitrogens is 2. The van der Waals surface area contributed by atoms with Crippen LogP contribution in [0.5, 0.6) is 0 Å². The molecule has 3 rings (SSSR count). The number of nitrogens with zero attached hydrogens (tertiary/aromatic N) is 2. The van der Waals surface area contributed by atoms with Crippen LogP contribution in [-0.2, 0) is 12.8 Å². The van der Waals surface area contributed by atoms with E-state index >= 15 is 0 Å². The first kappa shape index (κ1) is 12.3. The predicted molar refractivity (Wildman–Crippen MR) is 74.9 cm³/mol. The summed E-state index contributed by atoms with van der Waals surface area (Å²) in [6.07, 6.45) is 12.2. The molecule has 0 amide bonds. The topological polar surface area (TPSA) is 17.8 Å². The van der Waals surface area contributed by atoms with Crippen LogP contribution in [0.15, 0.2) is 0 Å². The number of hydrogen-bond donors (Lipinski definition) is 0. The molecule has 1 saturated carbocycles. The predicted octanol–water partition coefficient (Wildman–Crippen LogP) is 4.21. The highest BCUT2D eigenvalue weighted by molar-refractivity contribution is 5.21. The molecular formula is C16H26N2. The van der Waals surface area contributed by atoms with Crippen molar-refractivity contribution in [3.63, 3.8) is 0 Å². The van der Waals surface area contributed by atoms with Crippen molar-refractivity contribution >= 4 is 0 Å². The molecule has 0 aliphatic heterocycles. The van der Waals surface area contributed by atoms with Crippen LogP contribution in [0.3, 0.4) is 0 Å². The Kier molecular flexibility index (Phi) is 3.45. The molecule has 0 bridgehead atoms. The van der Waals surface area contributed by atoms with E-state index in [0.29, 0.717) is 0 Å². The Hall–Kier alpha value is -0.790. The molecular weight excluding hydrogens is 220 g/mol. The molecule has 0 radical (unpaired) electrons. The first-order valence-corrected chi connectivity index (χ1v) is 7.86. The summed E-state index contributed by atoms with van der Waals surface area (Å²) < 4.78 is 2.62. The van der Waals surface area contributed by atoms with Gasteiger partial charge in [-0.15, -0.1) is 0 Å². The van der Waals surface area contributed by atoms with Crippen LogP contribution in [0.2, 0.25) is 0 Å². The first-order chi connectivity index (χ1) is 8.79. The highest BCUT2D eigenvalue weighted by Gasteiger charge is 2.27. The molecule has 2 atom stereocenters. The van der Waals surface area contributed by atoms with Gasteiger partial charge in [0.2, 0.25) is 0 Å². The van der Waals surface area contributed by atoms with Crippen molar-refractivity contribution in [3.8, 4) is 0 Å². The number of rotatable bonds is 2. The number of hydrogen-bond acceptors (Lipinski definition) is 1. The van der Waals surface area contributed by atoms with E-state index in [1.807, 2.05) is 0 Å². The Morgan fingerprint density at radius 1 is 1.17 bits per heavy atom. The van der Waals surface area contributed by atoms with Gasteiger partial charge < -0.3 is 4.57 Å². The van der Waals surface area contributed by atoms with Crippen LogP contribution in [-0.4, -0.2) is 9.55 Å². The molecule has 2 unspecified atom stereocenters. The molecule has 0 N–H and O–H groups in total.